The van der Waals surface area contributed by atoms with E-state index in [0.29, 0.717) is 0 Å². The van der Waals surface area contributed by atoms with E-state index in [-0.39, 0.29) is 5.82 Å². The molecule has 0 fully saturated rings. The lowest BCUT2D eigenvalue weighted by molar-refractivity contribution is 0.627. The van der Waals surface area contributed by atoms with Crippen LogP contribution in [-0.2, 0) is 0 Å². The van der Waals surface area contributed by atoms with E-state index in [1.54, 1.807) is 18.3 Å². The van der Waals surface area contributed by atoms with Gasteiger partial charge in [0.05, 0.1) is 5.70 Å². The van der Waals surface area contributed by atoms with Gasteiger partial charge in [-0.05, 0) is 36.4 Å². The Kier molecular flexibility index (Phi) is 1.67. The standard InChI is InChI=1S/C10H7FN/c11-9-5-3-8(4-6-9)10-2-1-7-12-10/h1-7H. The second kappa shape index (κ2) is 2.81. The zero-order valence-corrected chi connectivity index (χ0v) is 6.37. The van der Waals surface area contributed by atoms with Gasteiger partial charge in [0.2, 0.25) is 0 Å². The quantitative estimate of drug-likeness (QED) is 0.598. The zero-order valence-electron chi connectivity index (χ0n) is 6.37. The summed E-state index contributed by atoms with van der Waals surface area (Å²) < 4.78 is 12.5. The summed E-state index contributed by atoms with van der Waals surface area (Å²) in [7, 11) is 0. The van der Waals surface area contributed by atoms with Gasteiger partial charge in [-0.2, -0.15) is 0 Å². The second-order valence-electron chi connectivity index (χ2n) is 2.53. The Bertz CT molecular complexity index is 335. The van der Waals surface area contributed by atoms with Gasteiger partial charge in [0, 0.05) is 11.8 Å². The summed E-state index contributed by atoms with van der Waals surface area (Å²) >= 11 is 0. The Morgan fingerprint density at radius 2 is 1.83 bits per heavy atom. The SMILES string of the molecule is Fc1ccc(C2=CC=C[N]2)cc1. The molecule has 0 bridgehead atoms. The predicted molar refractivity (Wildman–Crippen MR) is 45.7 cm³/mol. The highest BCUT2D eigenvalue weighted by Crippen LogP contribution is 2.16. The molecule has 0 aromatic heterocycles. The number of benzene rings is 1. The van der Waals surface area contributed by atoms with Gasteiger partial charge in [-0.15, -0.1) is 0 Å². The summed E-state index contributed by atoms with van der Waals surface area (Å²) in [6, 6.07) is 6.31. The molecule has 1 nitrogen and oxygen atoms in total. The van der Waals surface area contributed by atoms with Gasteiger partial charge < -0.3 is 0 Å². The fraction of sp³-hybridized carbons (Fsp3) is 0. The minimum atomic E-state index is -0.217. The first kappa shape index (κ1) is 7.10. The van der Waals surface area contributed by atoms with Gasteiger partial charge in [-0.1, -0.05) is 0 Å². The molecule has 0 spiro atoms. The van der Waals surface area contributed by atoms with E-state index in [1.807, 2.05) is 12.2 Å². The molecule has 0 saturated heterocycles. The van der Waals surface area contributed by atoms with Crippen molar-refractivity contribution < 1.29 is 4.39 Å². The first-order valence-electron chi connectivity index (χ1n) is 3.70. The van der Waals surface area contributed by atoms with Crippen molar-refractivity contribution in [3.63, 3.8) is 0 Å². The summed E-state index contributed by atoms with van der Waals surface area (Å²) in [5.41, 5.74) is 1.83. The number of nitrogens with zero attached hydrogens (tertiary/aromatic N) is 1. The van der Waals surface area contributed by atoms with Crippen molar-refractivity contribution in [1.29, 1.82) is 0 Å². The molecule has 1 aromatic carbocycles. The molecule has 0 saturated carbocycles. The molecule has 0 N–H and O–H groups in total. The third-order valence-corrected chi connectivity index (χ3v) is 1.69. The maximum absolute atomic E-state index is 12.5. The van der Waals surface area contributed by atoms with Crippen LogP contribution >= 0.6 is 0 Å². The Morgan fingerprint density at radius 1 is 1.08 bits per heavy atom. The van der Waals surface area contributed by atoms with E-state index in [0.717, 1.165) is 11.3 Å². The fourth-order valence-corrected chi connectivity index (χ4v) is 1.09. The second-order valence-corrected chi connectivity index (χ2v) is 2.53. The van der Waals surface area contributed by atoms with Crippen LogP contribution in [0.15, 0.2) is 42.6 Å². The molecular formula is C10H7FN. The molecule has 0 amide bonds. The highest BCUT2D eigenvalue weighted by Gasteiger charge is 2.02. The average molecular weight is 160 g/mol. The van der Waals surface area contributed by atoms with Crippen molar-refractivity contribution in [3.05, 3.63) is 54.0 Å². The van der Waals surface area contributed by atoms with E-state index >= 15 is 0 Å². The van der Waals surface area contributed by atoms with Crippen molar-refractivity contribution in [2.45, 2.75) is 0 Å². The molecule has 1 heterocycles. The van der Waals surface area contributed by atoms with Crippen LogP contribution in [-0.4, -0.2) is 0 Å². The summed E-state index contributed by atoms with van der Waals surface area (Å²) in [6.45, 7) is 0. The third kappa shape index (κ3) is 1.23. The molecule has 59 valence electrons. The maximum Gasteiger partial charge on any atom is 0.123 e. The van der Waals surface area contributed by atoms with Crippen molar-refractivity contribution in [2.24, 2.45) is 0 Å². The Balaban J connectivity index is 2.30. The minimum Gasteiger partial charge on any atom is -0.256 e. The first-order chi connectivity index (χ1) is 5.86. The van der Waals surface area contributed by atoms with E-state index < -0.39 is 0 Å². The highest BCUT2D eigenvalue weighted by atomic mass is 19.1. The Labute approximate surface area is 70.2 Å². The fourth-order valence-electron chi connectivity index (χ4n) is 1.09. The van der Waals surface area contributed by atoms with Gasteiger partial charge in [0.15, 0.2) is 0 Å². The van der Waals surface area contributed by atoms with E-state index in [1.165, 1.54) is 12.1 Å². The average Bonchev–Trinajstić information content (AvgIpc) is 2.58. The molecular weight excluding hydrogens is 153 g/mol. The van der Waals surface area contributed by atoms with E-state index in [9.17, 15) is 4.39 Å². The van der Waals surface area contributed by atoms with E-state index in [2.05, 4.69) is 5.32 Å². The lowest BCUT2D eigenvalue weighted by Gasteiger charge is -1.99. The van der Waals surface area contributed by atoms with Crippen LogP contribution < -0.4 is 5.32 Å². The number of hydrogen-bond donors (Lipinski definition) is 0. The van der Waals surface area contributed by atoms with Crippen LogP contribution in [0.1, 0.15) is 5.56 Å². The summed E-state index contributed by atoms with van der Waals surface area (Å²) in [6.07, 6.45) is 5.48. The summed E-state index contributed by atoms with van der Waals surface area (Å²) in [5.74, 6) is -0.217. The summed E-state index contributed by atoms with van der Waals surface area (Å²) in [5, 5.41) is 4.09. The van der Waals surface area contributed by atoms with Crippen LogP contribution in [0.2, 0.25) is 0 Å². The van der Waals surface area contributed by atoms with Crippen LogP contribution in [0.3, 0.4) is 0 Å². The monoisotopic (exact) mass is 160 g/mol. The number of rotatable bonds is 1. The maximum atomic E-state index is 12.5. The smallest absolute Gasteiger partial charge is 0.123 e. The highest BCUT2D eigenvalue weighted by molar-refractivity contribution is 5.68. The third-order valence-electron chi connectivity index (χ3n) is 1.69. The van der Waals surface area contributed by atoms with Crippen LogP contribution in [0, 0.1) is 5.82 Å². The first-order valence-corrected chi connectivity index (χ1v) is 3.70. The van der Waals surface area contributed by atoms with Gasteiger partial charge in [0.1, 0.15) is 5.82 Å². The van der Waals surface area contributed by atoms with Crippen LogP contribution in [0.5, 0.6) is 0 Å². The molecule has 12 heavy (non-hydrogen) atoms. The van der Waals surface area contributed by atoms with Gasteiger partial charge in [-0.25, -0.2) is 4.39 Å². The molecule has 1 aliphatic heterocycles. The van der Waals surface area contributed by atoms with Crippen molar-refractivity contribution >= 4 is 5.70 Å². The van der Waals surface area contributed by atoms with Crippen molar-refractivity contribution in [3.8, 4) is 0 Å². The largest absolute Gasteiger partial charge is 0.256 e. The molecule has 0 unspecified atom stereocenters. The van der Waals surface area contributed by atoms with Gasteiger partial charge in [-0.3, -0.25) is 5.32 Å². The number of allylic oxidation sites excluding steroid dienone is 2. The van der Waals surface area contributed by atoms with Crippen LogP contribution in [0.4, 0.5) is 4.39 Å². The number of hydrogen-bond acceptors (Lipinski definition) is 0. The molecule has 0 atom stereocenters. The van der Waals surface area contributed by atoms with E-state index in [4.69, 9.17) is 0 Å². The lowest BCUT2D eigenvalue weighted by atomic mass is 10.1. The minimum absolute atomic E-state index is 0.217. The molecule has 1 radical (unpaired) electrons. The zero-order chi connectivity index (χ0) is 8.39. The molecule has 1 aliphatic rings. The van der Waals surface area contributed by atoms with Crippen molar-refractivity contribution in [1.82, 2.24) is 5.32 Å². The molecule has 1 aromatic rings. The number of halogens is 1. The van der Waals surface area contributed by atoms with Gasteiger partial charge >= 0.3 is 0 Å². The topological polar surface area (TPSA) is 14.1 Å². The normalized spacial score (nSPS) is 14.2. The predicted octanol–water partition coefficient (Wildman–Crippen LogP) is 2.30. The molecule has 2 heteroatoms. The molecule has 2 rings (SSSR count). The van der Waals surface area contributed by atoms with Crippen molar-refractivity contribution in [2.75, 3.05) is 0 Å². The van der Waals surface area contributed by atoms with Gasteiger partial charge in [0.25, 0.3) is 0 Å². The lowest BCUT2D eigenvalue weighted by Crippen LogP contribution is -1.91. The summed E-state index contributed by atoms with van der Waals surface area (Å²) in [4.78, 5) is 0. The molecule has 0 aliphatic carbocycles. The van der Waals surface area contributed by atoms with Crippen LogP contribution in [0.25, 0.3) is 5.70 Å². The Morgan fingerprint density at radius 3 is 2.42 bits per heavy atom. The Hall–Kier alpha value is -1.57.